The molecule has 0 aliphatic carbocycles. The molecule has 34 heavy (non-hydrogen) atoms. The molecule has 3 nitrogen and oxygen atoms in total. The minimum atomic E-state index is -2.30. The molecule has 0 aromatic heterocycles. The van der Waals surface area contributed by atoms with Gasteiger partial charge in [0.2, 0.25) is 0 Å². The molecule has 1 aromatic carbocycles. The quantitative estimate of drug-likeness (QED) is 0.154. The number of benzene rings is 1. The summed E-state index contributed by atoms with van der Waals surface area (Å²) in [6.07, 6.45) is 15.0. The third-order valence-corrected chi connectivity index (χ3v) is 24.2. The average Bonchev–Trinajstić information content (AvgIpc) is 2.88. The van der Waals surface area contributed by atoms with Crippen LogP contribution in [-0.4, -0.2) is 73.5 Å². The summed E-state index contributed by atoms with van der Waals surface area (Å²) in [5.41, 5.74) is 0. The van der Waals surface area contributed by atoms with Crippen molar-refractivity contribution in [3.63, 3.8) is 0 Å². The van der Waals surface area contributed by atoms with Crippen molar-refractivity contribution >= 4 is 22.0 Å². The Labute approximate surface area is 215 Å². The summed E-state index contributed by atoms with van der Waals surface area (Å²) in [6.45, 7) is 14.4. The molecule has 2 fully saturated rings. The molecular weight excluding hydrogens is 523 g/mol. The summed E-state index contributed by atoms with van der Waals surface area (Å²) in [6, 6.07) is 10.4. The van der Waals surface area contributed by atoms with Gasteiger partial charge in [-0.15, -0.1) is 0 Å². The number of nitrogens with zero attached hydrogens (tertiary/aromatic N) is 2. The first-order valence-electron chi connectivity index (χ1n) is 14.9. The van der Waals surface area contributed by atoms with E-state index in [4.69, 9.17) is 4.74 Å². The number of hydrogen-bond donors (Lipinski definition) is 0. The Morgan fingerprint density at radius 3 is 2.12 bits per heavy atom. The van der Waals surface area contributed by atoms with Gasteiger partial charge in [-0.25, -0.2) is 0 Å². The van der Waals surface area contributed by atoms with Gasteiger partial charge in [0, 0.05) is 0 Å². The number of piperidine rings is 1. The van der Waals surface area contributed by atoms with Gasteiger partial charge in [-0.05, 0) is 19.4 Å². The van der Waals surface area contributed by atoms with Crippen LogP contribution in [0.2, 0.25) is 13.3 Å². The van der Waals surface area contributed by atoms with Gasteiger partial charge >= 0.3 is 186 Å². The van der Waals surface area contributed by atoms with Crippen molar-refractivity contribution in [3.05, 3.63) is 24.3 Å². The summed E-state index contributed by atoms with van der Waals surface area (Å²) in [7, 11) is 0. The van der Waals surface area contributed by atoms with Gasteiger partial charge < -0.3 is 0 Å². The molecule has 1 aromatic rings. The Bertz CT molecular complexity index is 642. The van der Waals surface area contributed by atoms with Crippen LogP contribution in [0.1, 0.15) is 91.4 Å². The third kappa shape index (κ3) is 8.69. The average molecular weight is 577 g/mol. The molecule has 2 aliphatic rings. The molecule has 2 heterocycles. The van der Waals surface area contributed by atoms with Gasteiger partial charge in [-0.3, -0.25) is 4.90 Å². The molecule has 1 atom stereocenters. The molecule has 1 unspecified atom stereocenters. The summed E-state index contributed by atoms with van der Waals surface area (Å²) >= 11 is -2.30. The van der Waals surface area contributed by atoms with Crippen molar-refractivity contribution in [1.29, 1.82) is 0 Å². The first-order valence-corrected chi connectivity index (χ1v) is 22.4. The standard InChI is InChI=1S/C18H27N2O.3C4H9.Sn/c1-2-9-18(10-3-1)21-15-7-6-11-19-13-14-20-12-5-4-8-17(20)16-19;3*1-3-4-2;/h2-3,9-10,17H,4-8,11-16H2;3*1,3-4H2,2H3;. The first-order chi connectivity index (χ1) is 16.7. The normalized spacial score (nSPS) is 19.8. The predicted molar refractivity (Wildman–Crippen MR) is 151 cm³/mol. The van der Waals surface area contributed by atoms with E-state index in [1.54, 1.807) is 16.9 Å². The van der Waals surface area contributed by atoms with E-state index in [1.165, 1.54) is 103 Å². The second-order valence-corrected chi connectivity index (χ2v) is 24.4. The number of ether oxygens (including phenoxy) is 1. The summed E-state index contributed by atoms with van der Waals surface area (Å²) < 4.78 is 12.6. The van der Waals surface area contributed by atoms with Crippen LogP contribution in [0.3, 0.4) is 0 Å². The SMILES string of the molecule is CCC[CH2][Sn]([CH2]CCC)([CH2]CCC)[c]1ccc(OCCCCN2CCN3CCCCC3C2)cc1. The van der Waals surface area contributed by atoms with E-state index >= 15 is 0 Å². The second kappa shape index (κ2) is 15.8. The van der Waals surface area contributed by atoms with Crippen molar-refractivity contribution in [3.8, 4) is 5.75 Å². The Balaban J connectivity index is 1.44. The van der Waals surface area contributed by atoms with E-state index in [0.717, 1.165) is 18.4 Å². The fourth-order valence-corrected chi connectivity index (χ4v) is 22.2. The number of hydrogen-bond acceptors (Lipinski definition) is 3. The van der Waals surface area contributed by atoms with Crippen LogP contribution in [0.4, 0.5) is 0 Å². The van der Waals surface area contributed by atoms with Crippen molar-refractivity contribution in [1.82, 2.24) is 9.80 Å². The topological polar surface area (TPSA) is 15.7 Å². The van der Waals surface area contributed by atoms with Crippen LogP contribution in [0.5, 0.6) is 5.75 Å². The van der Waals surface area contributed by atoms with Gasteiger partial charge in [0.05, 0.1) is 0 Å². The zero-order valence-corrected chi connectivity index (χ0v) is 25.7. The Hall–Kier alpha value is -0.261. The molecule has 2 saturated heterocycles. The second-order valence-electron chi connectivity index (χ2n) is 11.2. The van der Waals surface area contributed by atoms with Crippen LogP contribution < -0.4 is 8.32 Å². The molecule has 2 aliphatic heterocycles. The van der Waals surface area contributed by atoms with Gasteiger partial charge in [0.15, 0.2) is 0 Å². The minimum absolute atomic E-state index is 0.835. The molecule has 194 valence electrons. The van der Waals surface area contributed by atoms with E-state index < -0.39 is 18.4 Å². The third-order valence-electron chi connectivity index (χ3n) is 8.55. The fourth-order valence-electron chi connectivity index (χ4n) is 6.31. The van der Waals surface area contributed by atoms with Crippen LogP contribution in [0.25, 0.3) is 0 Å². The molecular formula is C30H54N2OSn. The van der Waals surface area contributed by atoms with E-state index in [1.807, 2.05) is 0 Å². The number of piperazine rings is 1. The van der Waals surface area contributed by atoms with Gasteiger partial charge in [0.25, 0.3) is 0 Å². The van der Waals surface area contributed by atoms with E-state index in [9.17, 15) is 0 Å². The Morgan fingerprint density at radius 2 is 1.47 bits per heavy atom. The molecule has 4 heteroatoms. The van der Waals surface area contributed by atoms with E-state index in [2.05, 4.69) is 54.8 Å². The zero-order valence-electron chi connectivity index (χ0n) is 22.8. The monoisotopic (exact) mass is 578 g/mol. The van der Waals surface area contributed by atoms with Crippen molar-refractivity contribution in [2.45, 2.75) is 111 Å². The molecule has 0 spiro atoms. The summed E-state index contributed by atoms with van der Waals surface area (Å²) in [5.74, 6) is 1.08. The maximum atomic E-state index is 6.19. The first kappa shape index (κ1) is 28.3. The van der Waals surface area contributed by atoms with Crippen molar-refractivity contribution in [2.75, 3.05) is 39.3 Å². The summed E-state index contributed by atoms with van der Waals surface area (Å²) in [5, 5.41) is 0. The molecule has 0 bridgehead atoms. The van der Waals surface area contributed by atoms with Crippen LogP contribution in [0, 0.1) is 0 Å². The number of fused-ring (bicyclic) bond motifs is 1. The van der Waals surface area contributed by atoms with Crippen molar-refractivity contribution in [2.24, 2.45) is 0 Å². The number of rotatable bonds is 16. The zero-order chi connectivity index (χ0) is 24.1. The molecule has 3 rings (SSSR count). The van der Waals surface area contributed by atoms with Gasteiger partial charge in [-0.2, -0.15) is 0 Å². The molecule has 0 radical (unpaired) electrons. The fraction of sp³-hybridized carbons (Fsp3) is 0.800. The number of unbranched alkanes of at least 4 members (excludes halogenated alkanes) is 4. The van der Waals surface area contributed by atoms with Crippen LogP contribution >= 0.6 is 0 Å². The summed E-state index contributed by atoms with van der Waals surface area (Å²) in [4.78, 5) is 5.44. The Morgan fingerprint density at radius 1 is 0.794 bits per heavy atom. The van der Waals surface area contributed by atoms with E-state index in [0.29, 0.717) is 0 Å². The predicted octanol–water partition coefficient (Wildman–Crippen LogP) is 7.07. The van der Waals surface area contributed by atoms with E-state index in [-0.39, 0.29) is 0 Å². The van der Waals surface area contributed by atoms with Crippen LogP contribution in [-0.2, 0) is 0 Å². The van der Waals surface area contributed by atoms with Crippen molar-refractivity contribution < 1.29 is 4.74 Å². The van der Waals surface area contributed by atoms with Crippen LogP contribution in [0.15, 0.2) is 24.3 Å². The molecule has 0 amide bonds. The van der Waals surface area contributed by atoms with Gasteiger partial charge in [0.1, 0.15) is 0 Å². The van der Waals surface area contributed by atoms with Gasteiger partial charge in [-0.1, -0.05) is 6.42 Å². The molecule has 0 saturated carbocycles. The molecule has 0 N–H and O–H groups in total. The Kier molecular flexibility index (Phi) is 13.1. The maximum absolute atomic E-state index is 6.19.